The third-order valence-corrected chi connectivity index (χ3v) is 6.71. The van der Waals surface area contributed by atoms with Crippen LogP contribution in [0.2, 0.25) is 0 Å². The first-order chi connectivity index (χ1) is 15.0. The van der Waals surface area contributed by atoms with Crippen LogP contribution in [0.25, 0.3) is 0 Å². The van der Waals surface area contributed by atoms with Crippen molar-refractivity contribution in [3.05, 3.63) is 72.3 Å². The Bertz CT molecular complexity index is 1050. The maximum atomic E-state index is 12.4. The highest BCUT2D eigenvalue weighted by Crippen LogP contribution is 2.16. The SMILES string of the molecule is C=CCOC(=O)NC(COS(=O)(=O)c1ccc(C)cc1)COS(=O)(=O)c1ccc(C)cc1. The summed E-state index contributed by atoms with van der Waals surface area (Å²) in [5.41, 5.74) is 1.73. The van der Waals surface area contributed by atoms with Gasteiger partial charge in [-0.1, -0.05) is 48.0 Å². The molecule has 11 heteroatoms. The Morgan fingerprint density at radius 1 is 0.875 bits per heavy atom. The van der Waals surface area contributed by atoms with Crippen molar-refractivity contribution < 1.29 is 34.7 Å². The second-order valence-corrected chi connectivity index (χ2v) is 10.1. The van der Waals surface area contributed by atoms with Crippen LogP contribution in [0.4, 0.5) is 4.79 Å². The van der Waals surface area contributed by atoms with Crippen LogP contribution in [-0.4, -0.2) is 48.8 Å². The lowest BCUT2D eigenvalue weighted by molar-refractivity contribution is 0.138. The minimum Gasteiger partial charge on any atom is -0.445 e. The number of benzene rings is 2. The molecule has 32 heavy (non-hydrogen) atoms. The number of nitrogens with one attached hydrogen (secondary N) is 1. The third kappa shape index (κ3) is 7.75. The fourth-order valence-corrected chi connectivity index (χ4v) is 4.26. The molecule has 174 valence electrons. The number of carbonyl (C=O) groups excluding carboxylic acids is 1. The lowest BCUT2D eigenvalue weighted by Gasteiger charge is -2.18. The van der Waals surface area contributed by atoms with Gasteiger partial charge in [0.25, 0.3) is 20.2 Å². The molecule has 0 saturated heterocycles. The van der Waals surface area contributed by atoms with Crippen molar-refractivity contribution >= 4 is 26.3 Å². The lowest BCUT2D eigenvalue weighted by Crippen LogP contribution is -2.42. The largest absolute Gasteiger partial charge is 0.445 e. The van der Waals surface area contributed by atoms with Crippen molar-refractivity contribution in [1.29, 1.82) is 0 Å². The van der Waals surface area contributed by atoms with Gasteiger partial charge in [0, 0.05) is 0 Å². The third-order valence-electron chi connectivity index (χ3n) is 4.12. The van der Waals surface area contributed by atoms with Gasteiger partial charge in [0.15, 0.2) is 0 Å². The van der Waals surface area contributed by atoms with Gasteiger partial charge in [-0.15, -0.1) is 0 Å². The number of hydrogen-bond donors (Lipinski definition) is 1. The summed E-state index contributed by atoms with van der Waals surface area (Å²) in [5, 5.41) is 2.33. The van der Waals surface area contributed by atoms with Gasteiger partial charge in [-0.2, -0.15) is 16.8 Å². The molecule has 2 aromatic rings. The number of aryl methyl sites for hydroxylation is 2. The average molecular weight is 484 g/mol. The van der Waals surface area contributed by atoms with Gasteiger partial charge in [-0.05, 0) is 38.1 Å². The molecule has 0 aliphatic rings. The molecular formula is C21H25NO8S2. The minimum atomic E-state index is -4.15. The fraction of sp³-hybridized carbons (Fsp3) is 0.286. The topological polar surface area (TPSA) is 125 Å². The summed E-state index contributed by atoms with van der Waals surface area (Å²) in [6, 6.07) is 10.8. The highest BCUT2D eigenvalue weighted by atomic mass is 32.2. The molecule has 2 rings (SSSR count). The summed E-state index contributed by atoms with van der Waals surface area (Å²) < 4.78 is 64.5. The Kier molecular flexibility index (Phi) is 8.96. The van der Waals surface area contributed by atoms with E-state index in [1.807, 2.05) is 0 Å². The van der Waals surface area contributed by atoms with E-state index in [9.17, 15) is 21.6 Å². The molecule has 0 bridgehead atoms. The predicted octanol–water partition coefficient (Wildman–Crippen LogP) is 2.70. The molecule has 2 aromatic carbocycles. The molecule has 0 aliphatic carbocycles. The zero-order valence-electron chi connectivity index (χ0n) is 17.7. The summed E-state index contributed by atoms with van der Waals surface area (Å²) in [6.07, 6.45) is 0.424. The second kappa shape index (κ2) is 11.2. The molecule has 0 fully saturated rings. The van der Waals surface area contributed by atoms with Gasteiger partial charge in [-0.25, -0.2) is 4.79 Å². The van der Waals surface area contributed by atoms with Crippen molar-refractivity contribution in [1.82, 2.24) is 5.32 Å². The predicted molar refractivity (Wildman–Crippen MR) is 117 cm³/mol. The van der Waals surface area contributed by atoms with Gasteiger partial charge in [0.2, 0.25) is 0 Å². The molecule has 9 nitrogen and oxygen atoms in total. The van der Waals surface area contributed by atoms with E-state index in [0.717, 1.165) is 11.1 Å². The Balaban J connectivity index is 2.11. The van der Waals surface area contributed by atoms with Crippen LogP contribution in [0.5, 0.6) is 0 Å². The van der Waals surface area contributed by atoms with Gasteiger partial charge in [0.05, 0.1) is 29.0 Å². The van der Waals surface area contributed by atoms with Crippen LogP contribution in [-0.2, 0) is 33.3 Å². The lowest BCUT2D eigenvalue weighted by atomic mass is 10.2. The molecular weight excluding hydrogens is 458 g/mol. The van der Waals surface area contributed by atoms with Gasteiger partial charge in [-0.3, -0.25) is 8.37 Å². The van der Waals surface area contributed by atoms with E-state index in [0.29, 0.717) is 0 Å². The molecule has 0 saturated carbocycles. The standard InChI is InChI=1S/C21H25NO8S2/c1-4-13-28-21(23)22-18(14-29-31(24,25)19-9-5-16(2)6-10-19)15-30-32(26,27)20-11-7-17(3)8-12-20/h4-12,18H,1,13-15H2,2-3H3,(H,22,23). The zero-order chi connectivity index (χ0) is 23.8. The molecule has 1 amide bonds. The normalized spacial score (nSPS) is 11.8. The highest BCUT2D eigenvalue weighted by Gasteiger charge is 2.24. The van der Waals surface area contributed by atoms with Crippen molar-refractivity contribution in [2.45, 2.75) is 29.7 Å². The van der Waals surface area contributed by atoms with E-state index >= 15 is 0 Å². The summed E-state index contributed by atoms with van der Waals surface area (Å²) in [5.74, 6) is 0. The van der Waals surface area contributed by atoms with E-state index in [1.165, 1.54) is 30.3 Å². The maximum Gasteiger partial charge on any atom is 0.407 e. The molecule has 0 spiro atoms. The number of amides is 1. The van der Waals surface area contributed by atoms with Crippen LogP contribution in [0.3, 0.4) is 0 Å². The first-order valence-electron chi connectivity index (χ1n) is 9.50. The second-order valence-electron chi connectivity index (χ2n) is 6.83. The Labute approximate surface area is 188 Å². The first kappa shape index (κ1) is 25.5. The van der Waals surface area contributed by atoms with E-state index in [2.05, 4.69) is 11.9 Å². The summed E-state index contributed by atoms with van der Waals surface area (Å²) in [6.45, 7) is 5.77. The van der Waals surface area contributed by atoms with E-state index < -0.39 is 45.6 Å². The minimum absolute atomic E-state index is 0.0794. The average Bonchev–Trinajstić information content (AvgIpc) is 2.75. The molecule has 0 aromatic heterocycles. The number of carbonyl (C=O) groups is 1. The van der Waals surface area contributed by atoms with Crippen molar-refractivity contribution in [3.8, 4) is 0 Å². The first-order valence-corrected chi connectivity index (χ1v) is 12.3. The molecule has 0 radical (unpaired) electrons. The van der Waals surface area contributed by atoms with Crippen LogP contribution in [0.1, 0.15) is 11.1 Å². The van der Waals surface area contributed by atoms with Crippen LogP contribution >= 0.6 is 0 Å². The summed E-state index contributed by atoms with van der Waals surface area (Å²) in [4.78, 5) is 11.7. The molecule has 1 N–H and O–H groups in total. The van der Waals surface area contributed by atoms with E-state index in [1.54, 1.807) is 38.1 Å². The van der Waals surface area contributed by atoms with Crippen LogP contribution in [0.15, 0.2) is 71.0 Å². The molecule has 0 unspecified atom stereocenters. The van der Waals surface area contributed by atoms with Gasteiger partial charge < -0.3 is 10.1 Å². The molecule has 0 heterocycles. The van der Waals surface area contributed by atoms with Crippen molar-refractivity contribution in [2.75, 3.05) is 19.8 Å². The maximum absolute atomic E-state index is 12.4. The Hall–Kier alpha value is -2.73. The van der Waals surface area contributed by atoms with E-state index in [4.69, 9.17) is 13.1 Å². The van der Waals surface area contributed by atoms with Crippen LogP contribution < -0.4 is 5.32 Å². The highest BCUT2D eigenvalue weighted by molar-refractivity contribution is 7.87. The summed E-state index contributed by atoms with van der Waals surface area (Å²) >= 11 is 0. The van der Waals surface area contributed by atoms with Crippen LogP contribution in [0, 0.1) is 13.8 Å². The number of hydrogen-bond acceptors (Lipinski definition) is 8. The van der Waals surface area contributed by atoms with Gasteiger partial charge >= 0.3 is 6.09 Å². The molecule has 0 aliphatic heterocycles. The fourth-order valence-electron chi connectivity index (χ4n) is 2.36. The summed E-state index contributed by atoms with van der Waals surface area (Å²) in [7, 11) is -8.30. The smallest absolute Gasteiger partial charge is 0.407 e. The monoisotopic (exact) mass is 483 g/mol. The zero-order valence-corrected chi connectivity index (χ0v) is 19.3. The number of ether oxygens (including phenoxy) is 1. The van der Waals surface area contributed by atoms with Crippen molar-refractivity contribution in [3.63, 3.8) is 0 Å². The van der Waals surface area contributed by atoms with Crippen molar-refractivity contribution in [2.24, 2.45) is 0 Å². The Morgan fingerprint density at radius 3 is 1.66 bits per heavy atom. The quantitative estimate of drug-likeness (QED) is 0.382. The van der Waals surface area contributed by atoms with E-state index in [-0.39, 0.29) is 16.4 Å². The van der Waals surface area contributed by atoms with Gasteiger partial charge in [0.1, 0.15) is 6.61 Å². The number of alkyl carbamates (subject to hydrolysis) is 1. The number of rotatable bonds is 11. The molecule has 0 atom stereocenters. The Morgan fingerprint density at radius 2 is 1.28 bits per heavy atom.